The van der Waals surface area contributed by atoms with E-state index in [4.69, 9.17) is 0 Å². The lowest BCUT2D eigenvalue weighted by atomic mass is 10.2. The zero-order valence-electron chi connectivity index (χ0n) is 12.8. The molecule has 2 aromatic rings. The van der Waals surface area contributed by atoms with Gasteiger partial charge in [-0.05, 0) is 36.1 Å². The zero-order chi connectivity index (χ0) is 16.5. The first kappa shape index (κ1) is 16.8. The van der Waals surface area contributed by atoms with Crippen LogP contribution in [0, 0.1) is 0 Å². The summed E-state index contributed by atoms with van der Waals surface area (Å²) in [6.45, 7) is -0.0680. The molecule has 2 aromatic carbocycles. The minimum atomic E-state index is -0.304. The van der Waals surface area contributed by atoms with Crippen molar-refractivity contribution in [3.8, 4) is 0 Å². The van der Waals surface area contributed by atoms with E-state index in [1.165, 1.54) is 6.08 Å². The average Bonchev–Trinajstić information content (AvgIpc) is 2.59. The highest BCUT2D eigenvalue weighted by Crippen LogP contribution is 2.18. The quantitative estimate of drug-likeness (QED) is 0.633. The minimum Gasteiger partial charge on any atom is -0.343 e. The van der Waals surface area contributed by atoms with E-state index in [2.05, 4.69) is 10.6 Å². The number of nitrogens with one attached hydrogen (secondary N) is 2. The van der Waals surface area contributed by atoms with Crippen LogP contribution in [0.25, 0.3) is 6.08 Å². The molecule has 118 valence electrons. The maximum absolute atomic E-state index is 11.8. The molecule has 2 amide bonds. The Bertz CT molecular complexity index is 699. The van der Waals surface area contributed by atoms with Gasteiger partial charge in [-0.25, -0.2) is 0 Å². The molecule has 0 aliphatic rings. The molecule has 0 aromatic heterocycles. The lowest BCUT2D eigenvalue weighted by Crippen LogP contribution is -2.31. The van der Waals surface area contributed by atoms with Crippen LogP contribution in [0.4, 0.5) is 5.69 Å². The van der Waals surface area contributed by atoms with Crippen molar-refractivity contribution in [1.82, 2.24) is 5.32 Å². The number of benzene rings is 2. The number of carbonyl (C=O) groups excluding carboxylic acids is 2. The van der Waals surface area contributed by atoms with Crippen LogP contribution in [0.15, 0.2) is 65.6 Å². The predicted molar refractivity (Wildman–Crippen MR) is 95.3 cm³/mol. The van der Waals surface area contributed by atoms with Crippen LogP contribution in [0.1, 0.15) is 5.56 Å². The van der Waals surface area contributed by atoms with Crippen molar-refractivity contribution in [2.75, 3.05) is 18.1 Å². The summed E-state index contributed by atoms with van der Waals surface area (Å²) >= 11 is 1.60. The van der Waals surface area contributed by atoms with Crippen LogP contribution in [0.5, 0.6) is 0 Å². The number of carbonyl (C=O) groups is 2. The smallest absolute Gasteiger partial charge is 0.244 e. The molecule has 4 nitrogen and oxygen atoms in total. The van der Waals surface area contributed by atoms with E-state index >= 15 is 0 Å². The van der Waals surface area contributed by atoms with Gasteiger partial charge in [0.05, 0.1) is 6.54 Å². The summed E-state index contributed by atoms with van der Waals surface area (Å²) in [6.07, 6.45) is 5.09. The first-order valence-corrected chi connectivity index (χ1v) is 8.35. The number of thioether (sulfide) groups is 1. The molecule has 0 aliphatic heterocycles. The van der Waals surface area contributed by atoms with Crippen molar-refractivity contribution in [1.29, 1.82) is 0 Å². The first-order chi connectivity index (χ1) is 11.2. The number of anilines is 1. The van der Waals surface area contributed by atoms with Gasteiger partial charge in [0.1, 0.15) is 0 Å². The van der Waals surface area contributed by atoms with Gasteiger partial charge in [0.2, 0.25) is 11.8 Å². The molecule has 0 radical (unpaired) electrons. The maximum Gasteiger partial charge on any atom is 0.244 e. The lowest BCUT2D eigenvalue weighted by molar-refractivity contribution is -0.121. The molecule has 0 saturated heterocycles. The third-order valence-corrected chi connectivity index (χ3v) is 3.73. The van der Waals surface area contributed by atoms with Gasteiger partial charge in [-0.3, -0.25) is 9.59 Å². The second-order valence-electron chi connectivity index (χ2n) is 4.74. The van der Waals surface area contributed by atoms with Gasteiger partial charge in [0.25, 0.3) is 0 Å². The Morgan fingerprint density at radius 2 is 1.87 bits per heavy atom. The lowest BCUT2D eigenvalue weighted by Gasteiger charge is -2.06. The monoisotopic (exact) mass is 326 g/mol. The molecule has 0 fully saturated rings. The van der Waals surface area contributed by atoms with Gasteiger partial charge in [-0.1, -0.05) is 36.4 Å². The largest absolute Gasteiger partial charge is 0.343 e. The predicted octanol–water partition coefficient (Wildman–Crippen LogP) is 3.18. The molecule has 0 spiro atoms. The molecule has 0 heterocycles. The van der Waals surface area contributed by atoms with Crippen LogP contribution in [-0.2, 0) is 9.59 Å². The second kappa shape index (κ2) is 8.80. The molecule has 23 heavy (non-hydrogen) atoms. The SMILES string of the molecule is CSc1cccc(NC(=O)CNC(=O)/C=C/c2ccccc2)c1. The Morgan fingerprint density at radius 1 is 1.09 bits per heavy atom. The van der Waals surface area contributed by atoms with Gasteiger partial charge in [-0.2, -0.15) is 0 Å². The average molecular weight is 326 g/mol. The normalized spacial score (nSPS) is 10.5. The van der Waals surface area contributed by atoms with E-state index in [9.17, 15) is 9.59 Å². The van der Waals surface area contributed by atoms with Gasteiger partial charge >= 0.3 is 0 Å². The van der Waals surface area contributed by atoms with Crippen LogP contribution in [-0.4, -0.2) is 24.6 Å². The Balaban J connectivity index is 1.79. The van der Waals surface area contributed by atoms with Crippen molar-refractivity contribution in [3.05, 3.63) is 66.2 Å². The summed E-state index contributed by atoms with van der Waals surface area (Å²) in [5.41, 5.74) is 1.65. The second-order valence-corrected chi connectivity index (χ2v) is 5.62. The van der Waals surface area contributed by atoms with E-state index in [0.29, 0.717) is 0 Å². The highest BCUT2D eigenvalue weighted by Gasteiger charge is 2.04. The van der Waals surface area contributed by atoms with E-state index in [-0.39, 0.29) is 18.4 Å². The molecule has 2 rings (SSSR count). The molecular formula is C18H18N2O2S. The van der Waals surface area contributed by atoms with Crippen molar-refractivity contribution < 1.29 is 9.59 Å². The number of hydrogen-bond acceptors (Lipinski definition) is 3. The zero-order valence-corrected chi connectivity index (χ0v) is 13.6. The van der Waals surface area contributed by atoms with Gasteiger partial charge in [-0.15, -0.1) is 11.8 Å². The van der Waals surface area contributed by atoms with E-state index in [1.54, 1.807) is 17.8 Å². The Hall–Kier alpha value is -2.53. The van der Waals surface area contributed by atoms with Gasteiger partial charge < -0.3 is 10.6 Å². The summed E-state index contributed by atoms with van der Waals surface area (Å²) in [5, 5.41) is 5.31. The molecule has 2 N–H and O–H groups in total. The summed E-state index contributed by atoms with van der Waals surface area (Å²) in [5.74, 6) is -0.563. The van der Waals surface area contributed by atoms with Crippen molar-refractivity contribution in [3.63, 3.8) is 0 Å². The molecule has 0 aliphatic carbocycles. The standard InChI is InChI=1S/C18H18N2O2S/c1-23-16-9-5-8-15(12-16)20-18(22)13-19-17(21)11-10-14-6-3-2-4-7-14/h2-12H,13H2,1H3,(H,19,21)(H,20,22)/b11-10+. The molecule has 0 atom stereocenters. The van der Waals surface area contributed by atoms with Gasteiger partial charge in [0.15, 0.2) is 0 Å². The van der Waals surface area contributed by atoms with E-state index in [1.807, 2.05) is 60.9 Å². The van der Waals surface area contributed by atoms with Crippen LogP contribution in [0.2, 0.25) is 0 Å². The third-order valence-electron chi connectivity index (χ3n) is 3.00. The highest BCUT2D eigenvalue weighted by molar-refractivity contribution is 7.98. The number of hydrogen-bond donors (Lipinski definition) is 2. The summed E-state index contributed by atoms with van der Waals surface area (Å²) in [6, 6.07) is 17.0. The molecule has 0 saturated carbocycles. The molecular weight excluding hydrogens is 308 g/mol. The molecule has 0 unspecified atom stereocenters. The van der Waals surface area contributed by atoms with Crippen molar-refractivity contribution >= 4 is 35.3 Å². The van der Waals surface area contributed by atoms with Crippen molar-refractivity contribution in [2.45, 2.75) is 4.90 Å². The Kier molecular flexibility index (Phi) is 6.44. The van der Waals surface area contributed by atoms with Crippen LogP contribution in [0.3, 0.4) is 0 Å². The molecule has 0 bridgehead atoms. The fourth-order valence-electron chi connectivity index (χ4n) is 1.87. The fraction of sp³-hybridized carbons (Fsp3) is 0.111. The fourth-order valence-corrected chi connectivity index (χ4v) is 2.33. The molecule has 5 heteroatoms. The first-order valence-electron chi connectivity index (χ1n) is 7.12. The van der Waals surface area contributed by atoms with Crippen molar-refractivity contribution in [2.24, 2.45) is 0 Å². The Labute approximate surface area is 140 Å². The van der Waals surface area contributed by atoms with E-state index < -0.39 is 0 Å². The summed E-state index contributed by atoms with van der Waals surface area (Å²) in [4.78, 5) is 24.6. The highest BCUT2D eigenvalue weighted by atomic mass is 32.2. The number of rotatable bonds is 6. The van der Waals surface area contributed by atoms with E-state index in [0.717, 1.165) is 16.1 Å². The van der Waals surface area contributed by atoms with Crippen LogP contribution < -0.4 is 10.6 Å². The minimum absolute atomic E-state index is 0.0680. The Morgan fingerprint density at radius 3 is 2.61 bits per heavy atom. The van der Waals surface area contributed by atoms with Gasteiger partial charge in [0, 0.05) is 16.7 Å². The topological polar surface area (TPSA) is 58.2 Å². The maximum atomic E-state index is 11.8. The third kappa shape index (κ3) is 6.00. The summed E-state index contributed by atoms with van der Waals surface area (Å²) < 4.78 is 0. The number of amides is 2. The summed E-state index contributed by atoms with van der Waals surface area (Å²) in [7, 11) is 0. The van der Waals surface area contributed by atoms with Crippen LogP contribution >= 0.6 is 11.8 Å².